The molecule has 11 heavy (non-hydrogen) atoms. The molecule has 0 rings (SSSR count). The van der Waals surface area contributed by atoms with Crippen molar-refractivity contribution in [3.63, 3.8) is 0 Å². The van der Waals surface area contributed by atoms with E-state index in [-0.39, 0.29) is 0 Å². The van der Waals surface area contributed by atoms with Crippen LogP contribution in [0.2, 0.25) is 0 Å². The molecule has 0 bridgehead atoms. The van der Waals surface area contributed by atoms with Crippen LogP contribution in [-0.2, 0) is 0 Å². The number of rotatable bonds is 3. The summed E-state index contributed by atoms with van der Waals surface area (Å²) in [6.45, 7) is 11.4. The van der Waals surface area contributed by atoms with Crippen LogP contribution in [0.5, 0.6) is 0 Å². The van der Waals surface area contributed by atoms with Crippen LogP contribution >= 0.6 is 12.2 Å². The lowest BCUT2D eigenvalue weighted by atomic mass is 10.2. The lowest BCUT2D eigenvalue weighted by Crippen LogP contribution is -2.32. The van der Waals surface area contributed by atoms with Gasteiger partial charge in [-0.25, -0.2) is 0 Å². The third kappa shape index (κ3) is 4.56. The van der Waals surface area contributed by atoms with Gasteiger partial charge in [0.2, 0.25) is 0 Å². The zero-order chi connectivity index (χ0) is 8.85. The van der Waals surface area contributed by atoms with Gasteiger partial charge >= 0.3 is 0 Å². The molecule has 0 atom stereocenters. The molecule has 0 saturated carbocycles. The van der Waals surface area contributed by atoms with Crippen molar-refractivity contribution in [2.75, 3.05) is 0 Å². The number of thiocarbonyl (C=S) groups is 1. The molecule has 0 saturated heterocycles. The van der Waals surface area contributed by atoms with Crippen LogP contribution in [0.15, 0.2) is 25.1 Å². The van der Waals surface area contributed by atoms with Gasteiger partial charge in [-0.3, -0.25) is 0 Å². The summed E-state index contributed by atoms with van der Waals surface area (Å²) in [7, 11) is 0. The second-order valence-corrected chi connectivity index (χ2v) is 2.89. The molecule has 0 aromatic heterocycles. The summed E-state index contributed by atoms with van der Waals surface area (Å²) >= 11 is 4.89. The molecule has 2 nitrogen and oxygen atoms in total. The molecule has 0 heterocycles. The standard InChI is InChI=1S/C8H14N2S/c1-5-9-8(11)10-7(4)6(2)3/h5-6H,1,4H2,2-3H3,(H2,9,10,11). The maximum absolute atomic E-state index is 4.89. The Morgan fingerprint density at radius 2 is 2.09 bits per heavy atom. The molecule has 0 spiro atoms. The van der Waals surface area contributed by atoms with E-state index in [9.17, 15) is 0 Å². The van der Waals surface area contributed by atoms with Crippen molar-refractivity contribution in [2.24, 2.45) is 5.92 Å². The van der Waals surface area contributed by atoms with E-state index in [4.69, 9.17) is 12.2 Å². The molecule has 0 aliphatic heterocycles. The predicted octanol–water partition coefficient (Wildman–Crippen LogP) is 1.76. The van der Waals surface area contributed by atoms with E-state index in [1.54, 1.807) is 0 Å². The van der Waals surface area contributed by atoms with Crippen molar-refractivity contribution >= 4 is 17.3 Å². The summed E-state index contributed by atoms with van der Waals surface area (Å²) in [5.41, 5.74) is 0.907. The minimum absolute atomic E-state index is 0.388. The van der Waals surface area contributed by atoms with E-state index in [0.29, 0.717) is 11.0 Å². The summed E-state index contributed by atoms with van der Waals surface area (Å²) in [5.74, 6) is 0.388. The van der Waals surface area contributed by atoms with Crippen LogP contribution in [-0.4, -0.2) is 5.11 Å². The fraction of sp³-hybridized carbons (Fsp3) is 0.375. The zero-order valence-electron chi connectivity index (χ0n) is 6.98. The first-order valence-electron chi connectivity index (χ1n) is 3.45. The Balaban J connectivity index is 3.75. The minimum atomic E-state index is 0.388. The summed E-state index contributed by atoms with van der Waals surface area (Å²) < 4.78 is 0. The van der Waals surface area contributed by atoms with Crippen LogP contribution in [0, 0.1) is 5.92 Å². The highest BCUT2D eigenvalue weighted by Gasteiger charge is 1.99. The van der Waals surface area contributed by atoms with E-state index >= 15 is 0 Å². The second-order valence-electron chi connectivity index (χ2n) is 2.48. The van der Waals surface area contributed by atoms with E-state index in [1.807, 2.05) is 13.8 Å². The Bertz CT molecular complexity index is 173. The highest BCUT2D eigenvalue weighted by atomic mass is 32.1. The van der Waals surface area contributed by atoms with Crippen molar-refractivity contribution < 1.29 is 0 Å². The first-order valence-corrected chi connectivity index (χ1v) is 3.86. The van der Waals surface area contributed by atoms with Gasteiger partial charge in [-0.15, -0.1) is 0 Å². The van der Waals surface area contributed by atoms with Gasteiger partial charge in [-0.2, -0.15) is 0 Å². The Morgan fingerprint density at radius 1 is 1.55 bits per heavy atom. The maximum Gasteiger partial charge on any atom is 0.174 e. The first kappa shape index (κ1) is 10.2. The molecular weight excluding hydrogens is 156 g/mol. The highest BCUT2D eigenvalue weighted by Crippen LogP contribution is 2.01. The molecule has 0 aromatic rings. The normalized spacial score (nSPS) is 9.00. The Kier molecular flexibility index (Phi) is 4.54. The molecule has 0 fully saturated rings. The highest BCUT2D eigenvalue weighted by molar-refractivity contribution is 7.80. The topological polar surface area (TPSA) is 24.1 Å². The van der Waals surface area contributed by atoms with Gasteiger partial charge < -0.3 is 10.6 Å². The molecule has 0 aliphatic rings. The summed E-state index contributed by atoms with van der Waals surface area (Å²) in [5, 5.41) is 6.23. The summed E-state index contributed by atoms with van der Waals surface area (Å²) in [6.07, 6.45) is 1.53. The van der Waals surface area contributed by atoms with E-state index in [1.165, 1.54) is 6.20 Å². The van der Waals surface area contributed by atoms with Gasteiger partial charge in [-0.05, 0) is 24.3 Å². The Morgan fingerprint density at radius 3 is 2.45 bits per heavy atom. The fourth-order valence-electron chi connectivity index (χ4n) is 0.419. The predicted molar refractivity (Wildman–Crippen MR) is 53.0 cm³/mol. The van der Waals surface area contributed by atoms with Crippen LogP contribution in [0.25, 0.3) is 0 Å². The fourth-order valence-corrected chi connectivity index (χ4v) is 0.633. The first-order chi connectivity index (χ1) is 5.07. The van der Waals surface area contributed by atoms with Gasteiger partial charge in [0, 0.05) is 5.70 Å². The van der Waals surface area contributed by atoms with Crippen molar-refractivity contribution in [3.8, 4) is 0 Å². The van der Waals surface area contributed by atoms with E-state index in [2.05, 4.69) is 23.8 Å². The van der Waals surface area contributed by atoms with Crippen LogP contribution in [0.1, 0.15) is 13.8 Å². The van der Waals surface area contributed by atoms with Crippen LogP contribution in [0.4, 0.5) is 0 Å². The molecule has 62 valence electrons. The van der Waals surface area contributed by atoms with Gasteiger partial charge in [0.05, 0.1) is 0 Å². The van der Waals surface area contributed by atoms with Crippen molar-refractivity contribution in [3.05, 3.63) is 25.1 Å². The van der Waals surface area contributed by atoms with E-state index < -0.39 is 0 Å². The van der Waals surface area contributed by atoms with Crippen LogP contribution < -0.4 is 10.6 Å². The minimum Gasteiger partial charge on any atom is -0.340 e. The average molecular weight is 170 g/mol. The number of hydrogen-bond donors (Lipinski definition) is 2. The maximum atomic E-state index is 4.89. The monoisotopic (exact) mass is 170 g/mol. The molecule has 0 radical (unpaired) electrons. The third-order valence-corrected chi connectivity index (χ3v) is 1.42. The number of nitrogens with one attached hydrogen (secondary N) is 2. The quantitative estimate of drug-likeness (QED) is 0.631. The van der Waals surface area contributed by atoms with E-state index in [0.717, 1.165) is 5.70 Å². The smallest absolute Gasteiger partial charge is 0.174 e. The largest absolute Gasteiger partial charge is 0.340 e. The van der Waals surface area contributed by atoms with Crippen molar-refractivity contribution in [2.45, 2.75) is 13.8 Å². The van der Waals surface area contributed by atoms with Gasteiger partial charge in [-0.1, -0.05) is 27.0 Å². The molecule has 0 unspecified atom stereocenters. The molecule has 2 N–H and O–H groups in total. The number of hydrogen-bond acceptors (Lipinski definition) is 1. The Labute approximate surface area is 73.4 Å². The summed E-state index contributed by atoms with van der Waals surface area (Å²) in [4.78, 5) is 0. The van der Waals surface area contributed by atoms with Crippen LogP contribution in [0.3, 0.4) is 0 Å². The SMILES string of the molecule is C=CNC(=S)NC(=C)C(C)C. The lowest BCUT2D eigenvalue weighted by Gasteiger charge is -2.12. The van der Waals surface area contributed by atoms with Gasteiger partial charge in [0.25, 0.3) is 0 Å². The average Bonchev–Trinajstić information content (AvgIpc) is 1.87. The van der Waals surface area contributed by atoms with Gasteiger partial charge in [0.1, 0.15) is 0 Å². The lowest BCUT2D eigenvalue weighted by molar-refractivity contribution is 0.729. The van der Waals surface area contributed by atoms with Crippen molar-refractivity contribution in [1.29, 1.82) is 0 Å². The summed E-state index contributed by atoms with van der Waals surface area (Å²) in [6, 6.07) is 0. The molecule has 0 amide bonds. The number of allylic oxidation sites excluding steroid dienone is 1. The third-order valence-electron chi connectivity index (χ3n) is 1.20. The second kappa shape index (κ2) is 4.91. The van der Waals surface area contributed by atoms with Gasteiger partial charge in [0.15, 0.2) is 5.11 Å². The molecule has 0 aromatic carbocycles. The molecule has 3 heteroatoms. The Hall–Kier alpha value is -0.830. The zero-order valence-corrected chi connectivity index (χ0v) is 7.79. The van der Waals surface area contributed by atoms with Crippen molar-refractivity contribution in [1.82, 2.24) is 10.6 Å². The molecule has 0 aliphatic carbocycles. The molecular formula is C8H14N2S.